The maximum absolute atomic E-state index is 11.9. The summed E-state index contributed by atoms with van der Waals surface area (Å²) in [5.41, 5.74) is 1.52. The number of amides is 2. The van der Waals surface area contributed by atoms with Crippen molar-refractivity contribution in [2.45, 2.75) is 33.2 Å². The molecule has 2 amide bonds. The smallest absolute Gasteiger partial charge is 0.349 e. The van der Waals surface area contributed by atoms with Gasteiger partial charge in [0.2, 0.25) is 5.91 Å². The van der Waals surface area contributed by atoms with Crippen molar-refractivity contribution in [1.82, 2.24) is 10.6 Å². The summed E-state index contributed by atoms with van der Waals surface area (Å²) in [6, 6.07) is 8.26. The molecule has 7 heteroatoms. The highest BCUT2D eigenvalue weighted by atomic mass is 16.5. The number of rotatable bonds is 8. The number of ether oxygens (including phenoxy) is 1. The number of carbonyl (C=O) groups excluding carboxylic acids is 3. The van der Waals surface area contributed by atoms with Gasteiger partial charge in [0.15, 0.2) is 6.61 Å². The van der Waals surface area contributed by atoms with Crippen molar-refractivity contribution >= 4 is 23.9 Å². The van der Waals surface area contributed by atoms with Gasteiger partial charge in [-0.2, -0.15) is 5.26 Å². The molecule has 0 aliphatic carbocycles. The van der Waals surface area contributed by atoms with Crippen molar-refractivity contribution in [3.63, 3.8) is 0 Å². The van der Waals surface area contributed by atoms with Gasteiger partial charge in [-0.05, 0) is 31.9 Å². The summed E-state index contributed by atoms with van der Waals surface area (Å²) in [6.07, 6.45) is 2.18. The zero-order valence-electron chi connectivity index (χ0n) is 15.2. The van der Waals surface area contributed by atoms with E-state index in [4.69, 9.17) is 10.00 Å². The summed E-state index contributed by atoms with van der Waals surface area (Å²) < 4.78 is 4.84. The van der Waals surface area contributed by atoms with Crippen molar-refractivity contribution in [1.29, 1.82) is 5.26 Å². The number of nitriles is 1. The summed E-state index contributed by atoms with van der Waals surface area (Å²) in [5.74, 6) is -1.83. The fourth-order valence-corrected chi connectivity index (χ4v) is 1.93. The van der Waals surface area contributed by atoms with Gasteiger partial charge in [-0.3, -0.25) is 9.59 Å². The molecule has 0 heterocycles. The third kappa shape index (κ3) is 7.18. The lowest BCUT2D eigenvalue weighted by Crippen LogP contribution is -2.46. The van der Waals surface area contributed by atoms with Crippen molar-refractivity contribution in [3.05, 3.63) is 41.0 Å². The quantitative estimate of drug-likeness (QED) is 0.416. The van der Waals surface area contributed by atoms with E-state index in [1.807, 2.05) is 26.0 Å². The molecule has 1 atom stereocenters. The fourth-order valence-electron chi connectivity index (χ4n) is 1.93. The van der Waals surface area contributed by atoms with Crippen LogP contribution in [0.25, 0.3) is 6.08 Å². The molecule has 0 spiro atoms. The summed E-state index contributed by atoms with van der Waals surface area (Å²) >= 11 is 0. The second-order valence-electron chi connectivity index (χ2n) is 5.74. The summed E-state index contributed by atoms with van der Waals surface area (Å²) in [6.45, 7) is 5.32. The average molecular weight is 357 g/mol. The van der Waals surface area contributed by atoms with E-state index in [9.17, 15) is 14.4 Å². The molecule has 1 aromatic rings. The summed E-state index contributed by atoms with van der Waals surface area (Å²) in [7, 11) is 0. The first kappa shape index (κ1) is 20.9. The van der Waals surface area contributed by atoms with Crippen molar-refractivity contribution in [3.8, 4) is 6.07 Å². The van der Waals surface area contributed by atoms with Gasteiger partial charge in [-0.15, -0.1) is 0 Å². The largest absolute Gasteiger partial charge is 0.451 e. The highest BCUT2D eigenvalue weighted by Crippen LogP contribution is 2.09. The zero-order chi connectivity index (χ0) is 19.5. The molecule has 26 heavy (non-hydrogen) atoms. The molecule has 7 nitrogen and oxygen atoms in total. The van der Waals surface area contributed by atoms with Gasteiger partial charge >= 0.3 is 5.97 Å². The van der Waals surface area contributed by atoms with E-state index >= 15 is 0 Å². The molecular formula is C19H23N3O4. The molecular weight excluding hydrogens is 334 g/mol. The van der Waals surface area contributed by atoms with Crippen LogP contribution in [0.3, 0.4) is 0 Å². The molecule has 138 valence electrons. The monoisotopic (exact) mass is 357 g/mol. The molecule has 0 unspecified atom stereocenters. The molecule has 0 bridgehead atoms. The van der Waals surface area contributed by atoms with Crippen molar-refractivity contribution < 1.29 is 19.1 Å². The van der Waals surface area contributed by atoms with Crippen LogP contribution < -0.4 is 10.6 Å². The van der Waals surface area contributed by atoms with Crippen LogP contribution >= 0.6 is 0 Å². The lowest BCUT2D eigenvalue weighted by atomic mass is 10.1. The van der Waals surface area contributed by atoms with Crippen LogP contribution in [0.4, 0.5) is 0 Å². The topological polar surface area (TPSA) is 108 Å². The number of aryl methyl sites for hydroxylation is 1. The van der Waals surface area contributed by atoms with Gasteiger partial charge in [0.25, 0.3) is 5.91 Å². The summed E-state index contributed by atoms with van der Waals surface area (Å²) in [4.78, 5) is 35.4. The number of esters is 1. The minimum atomic E-state index is -0.897. The SMILES string of the molecule is CCCNC(=O)[C@H](C)NC(=O)COC(=O)/C(C#N)=C/c1ccc(C)cc1. The van der Waals surface area contributed by atoms with Crippen molar-refractivity contribution in [2.24, 2.45) is 0 Å². The number of nitrogens with zero attached hydrogens (tertiary/aromatic N) is 1. The molecule has 0 radical (unpaired) electrons. The molecule has 0 saturated carbocycles. The first-order valence-electron chi connectivity index (χ1n) is 8.30. The predicted octanol–water partition coefficient (Wildman–Crippen LogP) is 1.48. The van der Waals surface area contributed by atoms with E-state index in [0.717, 1.165) is 12.0 Å². The molecule has 0 aliphatic rings. The Morgan fingerprint density at radius 2 is 1.92 bits per heavy atom. The number of hydrogen-bond acceptors (Lipinski definition) is 5. The first-order valence-corrected chi connectivity index (χ1v) is 8.30. The summed E-state index contributed by atoms with van der Waals surface area (Å²) in [5, 5.41) is 14.2. The van der Waals surface area contributed by atoms with E-state index in [2.05, 4.69) is 10.6 Å². The van der Waals surface area contributed by atoms with Gasteiger partial charge < -0.3 is 15.4 Å². The predicted molar refractivity (Wildman–Crippen MR) is 96.6 cm³/mol. The highest BCUT2D eigenvalue weighted by Gasteiger charge is 2.17. The van der Waals surface area contributed by atoms with E-state index in [-0.39, 0.29) is 11.5 Å². The van der Waals surface area contributed by atoms with Gasteiger partial charge in [0.1, 0.15) is 17.7 Å². The molecule has 1 rings (SSSR count). The third-order valence-corrected chi connectivity index (χ3v) is 3.38. The molecule has 0 aromatic heterocycles. The second kappa shape index (κ2) is 10.7. The minimum Gasteiger partial charge on any atom is -0.451 e. The molecule has 2 N–H and O–H groups in total. The van der Waals surface area contributed by atoms with Crippen LogP contribution in [-0.4, -0.2) is 37.0 Å². The van der Waals surface area contributed by atoms with Crippen molar-refractivity contribution in [2.75, 3.05) is 13.2 Å². The van der Waals surface area contributed by atoms with Gasteiger partial charge in [0.05, 0.1) is 0 Å². The number of carbonyl (C=O) groups is 3. The third-order valence-electron chi connectivity index (χ3n) is 3.38. The Kier molecular flexibility index (Phi) is 8.58. The maximum atomic E-state index is 11.9. The van der Waals surface area contributed by atoms with Crippen LogP contribution in [0.15, 0.2) is 29.8 Å². The number of benzene rings is 1. The number of hydrogen-bond donors (Lipinski definition) is 2. The van der Waals surface area contributed by atoms with Crippen LogP contribution in [0.5, 0.6) is 0 Å². The minimum absolute atomic E-state index is 0.213. The van der Waals surface area contributed by atoms with Gasteiger partial charge in [-0.1, -0.05) is 36.8 Å². The lowest BCUT2D eigenvalue weighted by molar-refractivity contribution is -0.144. The molecule has 1 aromatic carbocycles. The van der Waals surface area contributed by atoms with E-state index < -0.39 is 24.5 Å². The highest BCUT2D eigenvalue weighted by molar-refractivity contribution is 5.99. The lowest BCUT2D eigenvalue weighted by Gasteiger charge is -2.13. The van der Waals surface area contributed by atoms with Crippen LogP contribution in [0.2, 0.25) is 0 Å². The Morgan fingerprint density at radius 3 is 2.50 bits per heavy atom. The van der Waals surface area contributed by atoms with Crippen LogP contribution in [-0.2, 0) is 19.1 Å². The standard InChI is InChI=1S/C19H23N3O4/c1-4-9-21-18(24)14(3)22-17(23)12-26-19(25)16(11-20)10-15-7-5-13(2)6-8-15/h5-8,10,14H,4,9,12H2,1-3H3,(H,21,24)(H,22,23)/b16-10+/t14-/m0/s1. The Labute approximate surface area is 153 Å². The van der Waals surface area contributed by atoms with Gasteiger partial charge in [-0.25, -0.2) is 4.79 Å². The maximum Gasteiger partial charge on any atom is 0.349 e. The zero-order valence-corrected chi connectivity index (χ0v) is 15.2. The Hall–Kier alpha value is -3.14. The van der Waals surface area contributed by atoms with Crippen LogP contribution in [0.1, 0.15) is 31.4 Å². The Bertz CT molecular complexity index is 717. The van der Waals surface area contributed by atoms with E-state index in [1.165, 1.54) is 13.0 Å². The number of nitrogens with one attached hydrogen (secondary N) is 2. The fraction of sp³-hybridized carbons (Fsp3) is 0.368. The van der Waals surface area contributed by atoms with E-state index in [0.29, 0.717) is 12.1 Å². The molecule has 0 aliphatic heterocycles. The van der Waals surface area contributed by atoms with Gasteiger partial charge in [0, 0.05) is 6.54 Å². The normalized spacial score (nSPS) is 11.8. The first-order chi connectivity index (χ1) is 12.4. The Balaban J connectivity index is 2.55. The van der Waals surface area contributed by atoms with Crippen LogP contribution in [0, 0.1) is 18.3 Å². The second-order valence-corrected chi connectivity index (χ2v) is 5.74. The molecule has 0 fully saturated rings. The Morgan fingerprint density at radius 1 is 1.27 bits per heavy atom. The van der Waals surface area contributed by atoms with E-state index in [1.54, 1.807) is 18.2 Å². The molecule has 0 saturated heterocycles. The average Bonchev–Trinajstić information content (AvgIpc) is 2.63.